The average molecular weight is 308 g/mol. The zero-order valence-electron chi connectivity index (χ0n) is 11.8. The number of methoxy groups -OCH3 is 1. The van der Waals surface area contributed by atoms with Crippen molar-refractivity contribution in [2.24, 2.45) is 0 Å². The van der Waals surface area contributed by atoms with Crippen LogP contribution in [0, 0.1) is 0 Å². The Morgan fingerprint density at radius 3 is 2.81 bits per heavy atom. The van der Waals surface area contributed by atoms with Gasteiger partial charge in [-0.25, -0.2) is 0 Å². The Bertz CT molecular complexity index is 590. The lowest BCUT2D eigenvalue weighted by molar-refractivity contribution is 0.298. The Morgan fingerprint density at radius 2 is 2.05 bits per heavy atom. The highest BCUT2D eigenvalue weighted by Gasteiger charge is 2.10. The molecule has 2 aromatic rings. The van der Waals surface area contributed by atoms with Crippen LogP contribution in [0.3, 0.4) is 0 Å². The third kappa shape index (κ3) is 3.83. The molecule has 1 aliphatic heterocycles. The normalized spacial score (nSPS) is 13.0. The van der Waals surface area contributed by atoms with Crippen molar-refractivity contribution >= 4 is 12.4 Å². The van der Waals surface area contributed by atoms with E-state index >= 15 is 0 Å². The van der Waals surface area contributed by atoms with E-state index in [-0.39, 0.29) is 12.4 Å². The van der Waals surface area contributed by atoms with Crippen LogP contribution in [0.1, 0.15) is 17.0 Å². The minimum Gasteiger partial charge on any atom is -0.495 e. The number of halogens is 1. The van der Waals surface area contributed by atoms with Crippen LogP contribution in [-0.4, -0.2) is 23.6 Å². The zero-order chi connectivity index (χ0) is 13.8. The molecule has 0 radical (unpaired) electrons. The summed E-state index contributed by atoms with van der Waals surface area (Å²) in [5.41, 5.74) is 3.25. The monoisotopic (exact) mass is 307 g/mol. The number of pyridine rings is 2. The molecule has 0 saturated heterocycles. The number of ether oxygens (including phenoxy) is 2. The Balaban J connectivity index is 0.00000161. The van der Waals surface area contributed by atoms with Crippen LogP contribution in [0.2, 0.25) is 0 Å². The van der Waals surface area contributed by atoms with Crippen molar-refractivity contribution in [3.63, 3.8) is 0 Å². The van der Waals surface area contributed by atoms with Crippen molar-refractivity contribution in [1.82, 2.24) is 15.3 Å². The minimum absolute atomic E-state index is 0. The fraction of sp³-hybridized carbons (Fsp3) is 0.333. The van der Waals surface area contributed by atoms with Crippen LogP contribution in [0.4, 0.5) is 0 Å². The predicted octanol–water partition coefficient (Wildman–Crippen LogP) is 2.13. The van der Waals surface area contributed by atoms with E-state index in [1.54, 1.807) is 19.5 Å². The molecule has 2 aromatic heterocycles. The Labute approximate surface area is 130 Å². The summed E-state index contributed by atoms with van der Waals surface area (Å²) < 4.78 is 10.8. The lowest BCUT2D eigenvalue weighted by atomic mass is 10.1. The van der Waals surface area contributed by atoms with Crippen molar-refractivity contribution < 1.29 is 9.47 Å². The second-order valence-electron chi connectivity index (χ2n) is 4.68. The molecule has 0 spiro atoms. The lowest BCUT2D eigenvalue weighted by Crippen LogP contribution is -2.24. The Morgan fingerprint density at radius 1 is 1.19 bits per heavy atom. The summed E-state index contributed by atoms with van der Waals surface area (Å²) in [5.74, 6) is 1.53. The average Bonchev–Trinajstić information content (AvgIpc) is 2.53. The molecule has 0 amide bonds. The van der Waals surface area contributed by atoms with Gasteiger partial charge in [-0.2, -0.15) is 0 Å². The number of rotatable bonds is 4. The van der Waals surface area contributed by atoms with Gasteiger partial charge in [0.2, 0.25) is 0 Å². The maximum absolute atomic E-state index is 5.74. The number of hydrogen-bond acceptors (Lipinski definition) is 5. The summed E-state index contributed by atoms with van der Waals surface area (Å²) in [7, 11) is 1.63. The molecule has 0 aliphatic carbocycles. The summed E-state index contributed by atoms with van der Waals surface area (Å²) in [6.07, 6.45) is 4.46. The van der Waals surface area contributed by atoms with Crippen molar-refractivity contribution in [2.75, 3.05) is 13.7 Å². The number of aromatic nitrogens is 2. The maximum atomic E-state index is 5.74. The highest BCUT2D eigenvalue weighted by molar-refractivity contribution is 5.85. The van der Waals surface area contributed by atoms with E-state index in [9.17, 15) is 0 Å². The molecule has 0 saturated carbocycles. The summed E-state index contributed by atoms with van der Waals surface area (Å²) in [6.45, 7) is 2.29. The van der Waals surface area contributed by atoms with Gasteiger partial charge in [-0.05, 0) is 23.8 Å². The molecule has 5 nitrogen and oxygen atoms in total. The molecule has 6 heteroatoms. The van der Waals surface area contributed by atoms with Crippen LogP contribution in [0.15, 0.2) is 30.6 Å². The number of hydrogen-bond donors (Lipinski definition) is 1. The predicted molar refractivity (Wildman–Crippen MR) is 82.0 cm³/mol. The van der Waals surface area contributed by atoms with E-state index < -0.39 is 0 Å². The Hall–Kier alpha value is -1.85. The van der Waals surface area contributed by atoms with E-state index in [2.05, 4.69) is 21.4 Å². The third-order valence-corrected chi connectivity index (χ3v) is 3.31. The fourth-order valence-electron chi connectivity index (χ4n) is 2.18. The largest absolute Gasteiger partial charge is 0.495 e. The molecule has 0 bridgehead atoms. The lowest BCUT2D eigenvalue weighted by Gasteiger charge is -2.16. The van der Waals surface area contributed by atoms with Gasteiger partial charge in [-0.15, -0.1) is 12.4 Å². The van der Waals surface area contributed by atoms with Gasteiger partial charge >= 0.3 is 0 Å². The molecule has 1 N–H and O–H groups in total. The number of nitrogens with zero attached hydrogens (tertiary/aromatic N) is 2. The molecule has 0 unspecified atom stereocenters. The third-order valence-electron chi connectivity index (χ3n) is 3.31. The molecule has 112 valence electrons. The van der Waals surface area contributed by atoms with Gasteiger partial charge in [0, 0.05) is 25.2 Å². The van der Waals surface area contributed by atoms with Crippen molar-refractivity contribution in [2.45, 2.75) is 19.6 Å². The van der Waals surface area contributed by atoms with Crippen molar-refractivity contribution in [3.05, 3.63) is 47.5 Å². The highest BCUT2D eigenvalue weighted by atomic mass is 35.5. The van der Waals surface area contributed by atoms with Gasteiger partial charge in [-0.3, -0.25) is 9.97 Å². The Kier molecular flexibility index (Phi) is 5.36. The smallest absolute Gasteiger partial charge is 0.138 e. The van der Waals surface area contributed by atoms with Crippen LogP contribution in [-0.2, 0) is 19.6 Å². The summed E-state index contributed by atoms with van der Waals surface area (Å²) >= 11 is 0. The second kappa shape index (κ2) is 7.24. The molecular weight excluding hydrogens is 290 g/mol. The van der Waals surface area contributed by atoms with Gasteiger partial charge in [-0.1, -0.05) is 0 Å². The summed E-state index contributed by atoms with van der Waals surface area (Å²) in [6, 6.07) is 5.82. The first-order chi connectivity index (χ1) is 9.85. The number of nitrogens with one attached hydrogen (secondary N) is 1. The maximum Gasteiger partial charge on any atom is 0.138 e. The van der Waals surface area contributed by atoms with Crippen molar-refractivity contribution in [3.8, 4) is 11.5 Å². The first kappa shape index (κ1) is 15.5. The van der Waals surface area contributed by atoms with Gasteiger partial charge in [0.1, 0.15) is 18.1 Å². The van der Waals surface area contributed by atoms with E-state index in [4.69, 9.17) is 9.47 Å². The molecule has 0 atom stereocenters. The second-order valence-corrected chi connectivity index (χ2v) is 4.68. The first-order valence-corrected chi connectivity index (χ1v) is 6.65. The van der Waals surface area contributed by atoms with Crippen LogP contribution < -0.4 is 14.8 Å². The topological polar surface area (TPSA) is 56.3 Å². The molecular formula is C15H18ClN3O2. The van der Waals surface area contributed by atoms with Gasteiger partial charge < -0.3 is 14.8 Å². The standard InChI is InChI=1S/C15H17N3O2.ClH/c1-19-13-3-2-12(17-8-13)10-20-14-6-11-7-16-5-4-15(11)18-9-14;/h2-3,6,8-9,16H,4-5,7,10H2,1H3;1H. The SMILES string of the molecule is COc1ccc(COc2cnc3c(c2)CNCC3)nc1.Cl. The summed E-state index contributed by atoms with van der Waals surface area (Å²) in [4.78, 5) is 8.72. The molecule has 21 heavy (non-hydrogen) atoms. The molecule has 1 aliphatic rings. The molecule has 3 rings (SSSR count). The van der Waals surface area contributed by atoms with Gasteiger partial charge in [0.15, 0.2) is 0 Å². The van der Waals surface area contributed by atoms with E-state index in [0.717, 1.165) is 36.7 Å². The zero-order valence-corrected chi connectivity index (χ0v) is 12.7. The number of fused-ring (bicyclic) bond motifs is 1. The molecule has 0 fully saturated rings. The highest BCUT2D eigenvalue weighted by Crippen LogP contribution is 2.19. The van der Waals surface area contributed by atoms with Crippen LogP contribution >= 0.6 is 12.4 Å². The van der Waals surface area contributed by atoms with E-state index in [1.807, 2.05) is 12.1 Å². The van der Waals surface area contributed by atoms with Gasteiger partial charge in [0.25, 0.3) is 0 Å². The van der Waals surface area contributed by atoms with Gasteiger partial charge in [0.05, 0.1) is 25.2 Å². The quantitative estimate of drug-likeness (QED) is 0.938. The van der Waals surface area contributed by atoms with E-state index in [1.165, 1.54) is 11.3 Å². The summed E-state index contributed by atoms with van der Waals surface area (Å²) in [5, 5.41) is 3.33. The van der Waals surface area contributed by atoms with Crippen LogP contribution in [0.25, 0.3) is 0 Å². The fourth-order valence-corrected chi connectivity index (χ4v) is 2.18. The van der Waals surface area contributed by atoms with Crippen LogP contribution in [0.5, 0.6) is 11.5 Å². The first-order valence-electron chi connectivity index (χ1n) is 6.65. The van der Waals surface area contributed by atoms with Crippen molar-refractivity contribution in [1.29, 1.82) is 0 Å². The molecule has 3 heterocycles. The minimum atomic E-state index is 0. The van der Waals surface area contributed by atoms with E-state index in [0.29, 0.717) is 6.61 Å². The molecule has 0 aromatic carbocycles.